The average Bonchev–Trinajstić information content (AvgIpc) is 2.63. The Balaban J connectivity index is 2.95. The highest BCUT2D eigenvalue weighted by atomic mass is 16.5. The fourth-order valence-corrected chi connectivity index (χ4v) is 3.29. The molecule has 0 saturated carbocycles. The first-order valence-corrected chi connectivity index (χ1v) is 11.4. The second-order valence-electron chi connectivity index (χ2n) is 7.58. The van der Waals surface area contributed by atoms with Gasteiger partial charge in [0.1, 0.15) is 6.29 Å². The van der Waals surface area contributed by atoms with Crippen LogP contribution in [0, 0.1) is 0 Å². The van der Waals surface area contributed by atoms with Crippen LogP contribution in [-0.4, -0.2) is 19.5 Å². The molecule has 25 heavy (non-hydrogen) atoms. The minimum Gasteiger partial charge on any atom is -0.381 e. The zero-order chi connectivity index (χ0) is 18.3. The van der Waals surface area contributed by atoms with E-state index in [4.69, 9.17) is 4.74 Å². The van der Waals surface area contributed by atoms with Crippen molar-refractivity contribution in [3.05, 3.63) is 0 Å². The van der Waals surface area contributed by atoms with E-state index in [0.29, 0.717) is 6.42 Å². The summed E-state index contributed by atoms with van der Waals surface area (Å²) in [4.78, 5) is 10.2. The smallest absolute Gasteiger partial charge is 0.119 e. The Hall–Kier alpha value is -0.370. The van der Waals surface area contributed by atoms with Crippen molar-refractivity contribution in [2.45, 2.75) is 129 Å². The van der Waals surface area contributed by atoms with Gasteiger partial charge in [-0.15, -0.1) is 0 Å². The summed E-state index contributed by atoms with van der Waals surface area (Å²) in [6.07, 6.45) is 26.2. The first kappa shape index (κ1) is 24.6. The molecule has 0 radical (unpaired) electrons. The summed E-state index contributed by atoms with van der Waals surface area (Å²) >= 11 is 0. The lowest BCUT2D eigenvalue weighted by atomic mass is 10.0. The van der Waals surface area contributed by atoms with Crippen LogP contribution in [0.5, 0.6) is 0 Å². The van der Waals surface area contributed by atoms with E-state index < -0.39 is 0 Å². The topological polar surface area (TPSA) is 26.3 Å². The predicted octanol–water partition coefficient (Wildman–Crippen LogP) is 7.63. The number of aldehydes is 1. The lowest BCUT2D eigenvalue weighted by Crippen LogP contribution is -1.97. The van der Waals surface area contributed by atoms with E-state index in [-0.39, 0.29) is 0 Å². The molecule has 0 heterocycles. The summed E-state index contributed by atoms with van der Waals surface area (Å²) in [6.45, 7) is 4.02. The van der Waals surface area contributed by atoms with E-state index in [2.05, 4.69) is 6.92 Å². The van der Waals surface area contributed by atoms with Crippen LogP contribution < -0.4 is 0 Å². The first-order valence-electron chi connectivity index (χ1n) is 11.4. The fourth-order valence-electron chi connectivity index (χ4n) is 3.29. The molecule has 0 saturated heterocycles. The van der Waals surface area contributed by atoms with Crippen molar-refractivity contribution in [1.82, 2.24) is 0 Å². The maximum absolute atomic E-state index is 10.2. The predicted molar refractivity (Wildman–Crippen MR) is 110 cm³/mol. The van der Waals surface area contributed by atoms with E-state index in [9.17, 15) is 4.79 Å². The molecule has 0 atom stereocenters. The van der Waals surface area contributed by atoms with Gasteiger partial charge in [-0.25, -0.2) is 0 Å². The Kier molecular flexibility index (Phi) is 23.3. The normalized spacial score (nSPS) is 11.1. The Bertz CT molecular complexity index is 240. The molecule has 0 rings (SSSR count). The second kappa shape index (κ2) is 23.6. The van der Waals surface area contributed by atoms with E-state index in [1.165, 1.54) is 103 Å². The molecule has 0 aliphatic rings. The van der Waals surface area contributed by atoms with Crippen LogP contribution in [0.25, 0.3) is 0 Å². The van der Waals surface area contributed by atoms with Crippen LogP contribution in [0.3, 0.4) is 0 Å². The molecule has 0 N–H and O–H groups in total. The highest BCUT2D eigenvalue weighted by Crippen LogP contribution is 2.13. The van der Waals surface area contributed by atoms with Gasteiger partial charge in [-0.1, -0.05) is 103 Å². The maximum Gasteiger partial charge on any atom is 0.119 e. The molecule has 150 valence electrons. The SMILES string of the molecule is CCCCCCCCCCCCCCCCCCOCCCCC=O. The lowest BCUT2D eigenvalue weighted by Gasteiger charge is -2.04. The van der Waals surface area contributed by atoms with Gasteiger partial charge in [0.05, 0.1) is 0 Å². The van der Waals surface area contributed by atoms with Gasteiger partial charge >= 0.3 is 0 Å². The zero-order valence-electron chi connectivity index (χ0n) is 17.2. The van der Waals surface area contributed by atoms with Crippen molar-refractivity contribution in [3.8, 4) is 0 Å². The van der Waals surface area contributed by atoms with Gasteiger partial charge < -0.3 is 9.53 Å². The number of unbranched alkanes of at least 4 members (excludes halogenated alkanes) is 17. The van der Waals surface area contributed by atoms with Crippen molar-refractivity contribution in [1.29, 1.82) is 0 Å². The van der Waals surface area contributed by atoms with Gasteiger partial charge in [-0.05, 0) is 19.3 Å². The number of hydrogen-bond donors (Lipinski definition) is 0. The number of rotatable bonds is 22. The molecule has 0 aromatic heterocycles. The molecule has 0 aromatic carbocycles. The van der Waals surface area contributed by atoms with Gasteiger partial charge in [-0.3, -0.25) is 0 Å². The van der Waals surface area contributed by atoms with Crippen molar-refractivity contribution < 1.29 is 9.53 Å². The monoisotopic (exact) mass is 354 g/mol. The number of carbonyl (C=O) groups is 1. The molecule has 0 spiro atoms. The van der Waals surface area contributed by atoms with E-state index in [1.807, 2.05) is 0 Å². The number of ether oxygens (including phenoxy) is 1. The first-order chi connectivity index (χ1) is 12.4. The van der Waals surface area contributed by atoms with Crippen LogP contribution in [0.15, 0.2) is 0 Å². The highest BCUT2D eigenvalue weighted by molar-refractivity contribution is 5.48. The summed E-state index contributed by atoms with van der Waals surface area (Å²) in [5, 5.41) is 0. The molecular formula is C23H46O2. The minimum absolute atomic E-state index is 0.683. The maximum atomic E-state index is 10.2. The lowest BCUT2D eigenvalue weighted by molar-refractivity contribution is -0.108. The molecule has 0 aliphatic heterocycles. The highest BCUT2D eigenvalue weighted by Gasteiger charge is 1.95. The largest absolute Gasteiger partial charge is 0.381 e. The van der Waals surface area contributed by atoms with Crippen LogP contribution in [-0.2, 0) is 9.53 Å². The second-order valence-corrected chi connectivity index (χ2v) is 7.58. The Labute approximate surface area is 158 Å². The number of carbonyl (C=O) groups excluding carboxylic acids is 1. The summed E-state index contributed by atoms with van der Waals surface area (Å²) in [7, 11) is 0. The molecule has 0 aromatic rings. The van der Waals surface area contributed by atoms with Crippen LogP contribution in [0.2, 0.25) is 0 Å². The molecule has 0 unspecified atom stereocenters. The molecule has 0 fully saturated rings. The Morgan fingerprint density at radius 1 is 0.520 bits per heavy atom. The van der Waals surface area contributed by atoms with Crippen LogP contribution >= 0.6 is 0 Å². The quantitative estimate of drug-likeness (QED) is 0.147. The van der Waals surface area contributed by atoms with Crippen molar-refractivity contribution in [3.63, 3.8) is 0 Å². The summed E-state index contributed by atoms with van der Waals surface area (Å²) in [5.74, 6) is 0. The molecule has 0 bridgehead atoms. The molecule has 2 heteroatoms. The van der Waals surface area contributed by atoms with E-state index in [1.54, 1.807) is 0 Å². The van der Waals surface area contributed by atoms with E-state index >= 15 is 0 Å². The molecule has 2 nitrogen and oxygen atoms in total. The molecule has 0 aliphatic carbocycles. The van der Waals surface area contributed by atoms with Crippen molar-refractivity contribution >= 4 is 6.29 Å². The Morgan fingerprint density at radius 2 is 0.880 bits per heavy atom. The minimum atomic E-state index is 0.683. The third kappa shape index (κ3) is 23.6. The van der Waals surface area contributed by atoms with Gasteiger partial charge in [0.2, 0.25) is 0 Å². The standard InChI is InChI=1S/C23H46O2/c1-2-3-4-5-6-7-8-9-10-11-12-13-14-15-16-19-22-25-23-20-17-18-21-24/h21H,2-20,22-23H2,1H3. The van der Waals surface area contributed by atoms with Gasteiger partial charge in [-0.2, -0.15) is 0 Å². The molecule has 0 amide bonds. The third-order valence-electron chi connectivity index (χ3n) is 5.00. The van der Waals surface area contributed by atoms with Crippen molar-refractivity contribution in [2.75, 3.05) is 13.2 Å². The fraction of sp³-hybridized carbons (Fsp3) is 0.957. The number of hydrogen-bond acceptors (Lipinski definition) is 2. The van der Waals surface area contributed by atoms with Gasteiger partial charge in [0, 0.05) is 19.6 Å². The van der Waals surface area contributed by atoms with Crippen molar-refractivity contribution in [2.24, 2.45) is 0 Å². The van der Waals surface area contributed by atoms with Gasteiger partial charge in [0.25, 0.3) is 0 Å². The van der Waals surface area contributed by atoms with Crippen LogP contribution in [0.4, 0.5) is 0 Å². The average molecular weight is 355 g/mol. The third-order valence-corrected chi connectivity index (χ3v) is 5.00. The van der Waals surface area contributed by atoms with Gasteiger partial charge in [0.15, 0.2) is 0 Å². The summed E-state index contributed by atoms with van der Waals surface area (Å²) in [6, 6.07) is 0. The summed E-state index contributed by atoms with van der Waals surface area (Å²) < 4.78 is 5.58. The zero-order valence-corrected chi connectivity index (χ0v) is 17.2. The van der Waals surface area contributed by atoms with E-state index in [0.717, 1.165) is 32.3 Å². The Morgan fingerprint density at radius 3 is 1.28 bits per heavy atom. The van der Waals surface area contributed by atoms with Crippen LogP contribution in [0.1, 0.15) is 129 Å². The molecular weight excluding hydrogens is 308 g/mol. The summed E-state index contributed by atoms with van der Waals surface area (Å²) in [5.41, 5.74) is 0.